The Hall–Kier alpha value is -3.53. The van der Waals surface area contributed by atoms with Crippen molar-refractivity contribution in [1.82, 2.24) is 0 Å². The molecule has 0 bridgehead atoms. The number of carbonyl (C=O) groups excluding carboxylic acids is 2. The minimum Gasteiger partial charge on any atom is -0.493 e. The van der Waals surface area contributed by atoms with Crippen LogP contribution in [0.2, 0.25) is 5.02 Å². The Balaban J connectivity index is 1.63. The summed E-state index contributed by atoms with van der Waals surface area (Å²) in [7, 11) is 1.42. The van der Waals surface area contributed by atoms with E-state index < -0.39 is 23.4 Å². The molecule has 1 aliphatic rings. The molecule has 152 valence electrons. The predicted octanol–water partition coefficient (Wildman–Crippen LogP) is 2.82. The Bertz CT molecular complexity index is 961. The third-order valence-corrected chi connectivity index (χ3v) is 4.15. The number of nitro benzene ring substituents is 1. The van der Waals surface area contributed by atoms with Crippen LogP contribution >= 0.6 is 11.6 Å². The van der Waals surface area contributed by atoms with Gasteiger partial charge in [0.15, 0.2) is 18.1 Å². The molecule has 1 aliphatic heterocycles. The molecule has 10 nitrogen and oxygen atoms in total. The normalized spacial score (nSPS) is 12.1. The fraction of sp³-hybridized carbons (Fsp3) is 0.222. The average Bonchev–Trinajstić information content (AvgIpc) is 2.72. The topological polar surface area (TPSA) is 126 Å². The zero-order valence-corrected chi connectivity index (χ0v) is 15.9. The van der Waals surface area contributed by atoms with Gasteiger partial charge in [-0.05, 0) is 18.2 Å². The molecule has 0 radical (unpaired) electrons. The molecular weight excluding hydrogens is 408 g/mol. The highest BCUT2D eigenvalue weighted by atomic mass is 35.5. The fourth-order valence-electron chi connectivity index (χ4n) is 2.51. The summed E-state index contributed by atoms with van der Waals surface area (Å²) in [5.41, 5.74) is 0.0542. The number of ether oxygens (including phenoxy) is 4. The lowest BCUT2D eigenvalue weighted by atomic mass is 10.1. The Labute approximate surface area is 169 Å². The maximum Gasteiger partial charge on any atom is 0.338 e. The van der Waals surface area contributed by atoms with Crippen LogP contribution in [-0.2, 0) is 9.53 Å². The van der Waals surface area contributed by atoms with Gasteiger partial charge < -0.3 is 24.3 Å². The summed E-state index contributed by atoms with van der Waals surface area (Å²) in [4.78, 5) is 34.4. The van der Waals surface area contributed by atoms with Crippen LogP contribution in [0.25, 0.3) is 0 Å². The minimum atomic E-state index is -0.773. The molecule has 1 amide bonds. The Morgan fingerprint density at radius 1 is 1.24 bits per heavy atom. The molecule has 0 atom stereocenters. The molecule has 0 saturated heterocycles. The van der Waals surface area contributed by atoms with Gasteiger partial charge in [-0.3, -0.25) is 14.9 Å². The third kappa shape index (κ3) is 4.66. The van der Waals surface area contributed by atoms with E-state index in [0.717, 1.165) is 6.07 Å². The number of amides is 1. The monoisotopic (exact) mass is 422 g/mol. The summed E-state index contributed by atoms with van der Waals surface area (Å²) in [6.45, 7) is 0.0918. The molecule has 0 fully saturated rings. The van der Waals surface area contributed by atoms with Gasteiger partial charge in [-0.25, -0.2) is 4.79 Å². The molecule has 0 saturated carbocycles. The summed E-state index contributed by atoms with van der Waals surface area (Å²) in [5, 5.41) is 13.1. The lowest BCUT2D eigenvalue weighted by molar-refractivity contribution is -0.384. The molecule has 0 aromatic heterocycles. The molecule has 11 heteroatoms. The predicted molar refractivity (Wildman–Crippen MR) is 101 cm³/mol. The van der Waals surface area contributed by atoms with E-state index in [1.807, 2.05) is 0 Å². The van der Waals surface area contributed by atoms with Gasteiger partial charge in [0.05, 0.1) is 28.3 Å². The van der Waals surface area contributed by atoms with Crippen LogP contribution < -0.4 is 19.5 Å². The maximum absolute atomic E-state index is 12.3. The van der Waals surface area contributed by atoms with E-state index in [0.29, 0.717) is 30.5 Å². The van der Waals surface area contributed by atoms with Crippen molar-refractivity contribution in [2.45, 2.75) is 0 Å². The number of halogens is 1. The van der Waals surface area contributed by atoms with Crippen LogP contribution in [0.3, 0.4) is 0 Å². The zero-order chi connectivity index (χ0) is 21.0. The molecule has 2 aromatic carbocycles. The van der Waals surface area contributed by atoms with E-state index in [-0.39, 0.29) is 22.0 Å². The number of non-ortho nitro benzene ring substituents is 1. The van der Waals surface area contributed by atoms with E-state index in [1.54, 1.807) is 0 Å². The number of methoxy groups -OCH3 is 1. The lowest BCUT2D eigenvalue weighted by Gasteiger charge is -2.21. The average molecular weight is 423 g/mol. The molecule has 3 rings (SSSR count). The van der Waals surface area contributed by atoms with Gasteiger partial charge >= 0.3 is 5.97 Å². The highest BCUT2D eigenvalue weighted by molar-refractivity contribution is 6.34. The van der Waals surface area contributed by atoms with Gasteiger partial charge in [-0.2, -0.15) is 0 Å². The highest BCUT2D eigenvalue weighted by Gasteiger charge is 2.22. The summed E-state index contributed by atoms with van der Waals surface area (Å²) < 4.78 is 21.1. The number of rotatable bonds is 6. The van der Waals surface area contributed by atoms with Gasteiger partial charge in [0.25, 0.3) is 11.6 Å². The smallest absolute Gasteiger partial charge is 0.338 e. The van der Waals surface area contributed by atoms with Crippen molar-refractivity contribution in [2.75, 3.05) is 32.2 Å². The highest BCUT2D eigenvalue weighted by Crippen LogP contribution is 2.40. The summed E-state index contributed by atoms with van der Waals surface area (Å²) in [6, 6.07) is 6.43. The van der Waals surface area contributed by atoms with Crippen molar-refractivity contribution < 1.29 is 33.5 Å². The summed E-state index contributed by atoms with van der Waals surface area (Å²) in [5.74, 6) is -0.411. The van der Waals surface area contributed by atoms with Crippen molar-refractivity contribution >= 4 is 34.9 Å². The number of esters is 1. The van der Waals surface area contributed by atoms with Crippen LogP contribution in [0, 0.1) is 10.1 Å². The largest absolute Gasteiger partial charge is 0.493 e. The van der Waals surface area contributed by atoms with Crippen molar-refractivity contribution in [2.24, 2.45) is 0 Å². The summed E-state index contributed by atoms with van der Waals surface area (Å²) >= 11 is 5.91. The molecule has 29 heavy (non-hydrogen) atoms. The van der Waals surface area contributed by atoms with Gasteiger partial charge in [0.2, 0.25) is 5.75 Å². The van der Waals surface area contributed by atoms with Crippen LogP contribution in [-0.4, -0.2) is 43.7 Å². The van der Waals surface area contributed by atoms with Crippen LogP contribution in [0.1, 0.15) is 10.4 Å². The third-order valence-electron chi connectivity index (χ3n) is 3.84. The number of benzene rings is 2. The zero-order valence-electron chi connectivity index (χ0n) is 15.1. The quantitative estimate of drug-likeness (QED) is 0.427. The van der Waals surface area contributed by atoms with Crippen molar-refractivity contribution in [1.29, 1.82) is 0 Å². The maximum atomic E-state index is 12.3. The van der Waals surface area contributed by atoms with Crippen LogP contribution in [0.4, 0.5) is 11.4 Å². The first-order valence-corrected chi connectivity index (χ1v) is 8.65. The second-order valence-corrected chi connectivity index (χ2v) is 6.16. The Morgan fingerprint density at radius 3 is 2.69 bits per heavy atom. The van der Waals surface area contributed by atoms with E-state index in [2.05, 4.69) is 5.32 Å². The second-order valence-electron chi connectivity index (χ2n) is 5.75. The van der Waals surface area contributed by atoms with Gasteiger partial charge in [-0.1, -0.05) is 11.6 Å². The van der Waals surface area contributed by atoms with Gasteiger partial charge in [-0.15, -0.1) is 0 Å². The van der Waals surface area contributed by atoms with E-state index in [9.17, 15) is 19.7 Å². The standard InChI is InChI=1S/C18H15ClN2O8/c1-26-14-6-10(7-15-17(14)28-5-4-27-15)18(23)29-9-16(22)20-13-3-2-11(21(24)25)8-12(13)19/h2-3,6-8H,4-5,9H2,1H3,(H,20,22). The molecule has 0 aliphatic carbocycles. The number of nitrogens with zero attached hydrogens (tertiary/aromatic N) is 1. The van der Waals surface area contributed by atoms with E-state index in [4.69, 9.17) is 30.5 Å². The van der Waals surface area contributed by atoms with Gasteiger partial charge in [0, 0.05) is 12.1 Å². The first-order valence-electron chi connectivity index (χ1n) is 8.27. The molecule has 0 unspecified atom stereocenters. The lowest BCUT2D eigenvalue weighted by Crippen LogP contribution is -2.21. The van der Waals surface area contributed by atoms with Crippen LogP contribution in [0.15, 0.2) is 30.3 Å². The Morgan fingerprint density at radius 2 is 2.00 bits per heavy atom. The van der Waals surface area contributed by atoms with E-state index in [1.165, 1.54) is 31.4 Å². The SMILES string of the molecule is COc1cc(C(=O)OCC(=O)Nc2ccc([N+](=O)[O-])cc2Cl)cc2c1OCCO2. The number of nitrogens with one attached hydrogen (secondary N) is 1. The number of fused-ring (bicyclic) bond motifs is 1. The minimum absolute atomic E-state index is 0.0181. The Kier molecular flexibility index (Phi) is 6.03. The fourth-order valence-corrected chi connectivity index (χ4v) is 2.73. The first kappa shape index (κ1) is 20.2. The van der Waals surface area contributed by atoms with Crippen LogP contribution in [0.5, 0.6) is 17.2 Å². The first-order chi connectivity index (χ1) is 13.9. The number of nitro groups is 1. The second kappa shape index (κ2) is 8.65. The van der Waals surface area contributed by atoms with E-state index >= 15 is 0 Å². The van der Waals surface area contributed by atoms with Crippen molar-refractivity contribution in [3.8, 4) is 17.2 Å². The number of carbonyl (C=O) groups is 2. The molecular formula is C18H15ClN2O8. The molecule has 0 spiro atoms. The number of hydrogen-bond acceptors (Lipinski definition) is 8. The summed E-state index contributed by atoms with van der Waals surface area (Å²) in [6.07, 6.45) is 0. The van der Waals surface area contributed by atoms with Gasteiger partial charge in [0.1, 0.15) is 13.2 Å². The number of hydrogen-bond donors (Lipinski definition) is 1. The molecule has 1 N–H and O–H groups in total. The number of anilines is 1. The molecule has 2 aromatic rings. The van der Waals surface area contributed by atoms with Crippen molar-refractivity contribution in [3.05, 3.63) is 51.0 Å². The molecule has 1 heterocycles. The van der Waals surface area contributed by atoms with Crippen molar-refractivity contribution in [3.63, 3.8) is 0 Å².